The molecule has 0 radical (unpaired) electrons. The Bertz CT molecular complexity index is 1080. The lowest BCUT2D eigenvalue weighted by molar-refractivity contribution is 0.00706. The van der Waals surface area contributed by atoms with Gasteiger partial charge < -0.3 is 29.6 Å². The number of pyridine rings is 1. The molecule has 0 bridgehead atoms. The number of nitrogens with one attached hydrogen (secondary N) is 2. The number of H-pyrrole nitrogens is 1. The van der Waals surface area contributed by atoms with Crippen molar-refractivity contribution < 1.29 is 23.7 Å². The van der Waals surface area contributed by atoms with Gasteiger partial charge in [-0.1, -0.05) is 33.6 Å². The molecular weight excluding hydrogens is 483 g/mol. The van der Waals surface area contributed by atoms with Crippen LogP contribution in [0.25, 0.3) is 11.2 Å². The molecule has 4 atom stereocenters. The third-order valence-electron chi connectivity index (χ3n) is 5.14. The minimum Gasteiger partial charge on any atom is -0.456 e. The topological polar surface area (TPSA) is 102 Å². The zero-order valence-corrected chi connectivity index (χ0v) is 17.8. The van der Waals surface area contributed by atoms with E-state index in [-0.39, 0.29) is 43.3 Å². The van der Waals surface area contributed by atoms with Crippen LogP contribution in [-0.2, 0) is 16.0 Å². The summed E-state index contributed by atoms with van der Waals surface area (Å²) in [7, 11) is 0. The highest BCUT2D eigenvalue weighted by atomic mass is 79.9. The van der Waals surface area contributed by atoms with Crippen molar-refractivity contribution in [3.8, 4) is 6.01 Å². The second kappa shape index (κ2) is 7.93. The van der Waals surface area contributed by atoms with Crippen LogP contribution in [-0.4, -0.2) is 57.7 Å². The summed E-state index contributed by atoms with van der Waals surface area (Å²) in [4.78, 5) is 11.8. The molecule has 11 heteroatoms. The summed E-state index contributed by atoms with van der Waals surface area (Å²) >= 11 is 9.67. The molecule has 0 saturated carbocycles. The number of aromatic amines is 1. The lowest BCUT2D eigenvalue weighted by Crippen LogP contribution is -2.34. The van der Waals surface area contributed by atoms with Gasteiger partial charge in [-0.05, 0) is 18.2 Å². The van der Waals surface area contributed by atoms with E-state index in [1.165, 1.54) is 6.07 Å². The maximum absolute atomic E-state index is 14.0. The molecular formula is C19H17BrClFN4O4. The smallest absolute Gasteiger partial charge is 0.296 e. The van der Waals surface area contributed by atoms with E-state index in [9.17, 15) is 9.50 Å². The highest BCUT2D eigenvalue weighted by molar-refractivity contribution is 9.10. The van der Waals surface area contributed by atoms with Gasteiger partial charge in [0.05, 0.1) is 23.8 Å². The number of aromatic nitrogens is 3. The van der Waals surface area contributed by atoms with Crippen molar-refractivity contribution in [3.63, 3.8) is 0 Å². The standard InChI is InChI=1S/C19H17BrClFN4O4/c20-9-2-1-3-11(22)8(9)5-23-17-10(21)4-12-18(25-17)26-19(24-12)30-14-7-29-15-13(27)6-28-16(14)15/h1-4,13-16,27H,5-7H2,(H2,23,24,25,26)/t13-,14-,15-,16-/m1/s1. The number of rotatable bonds is 5. The van der Waals surface area contributed by atoms with E-state index < -0.39 is 6.10 Å². The Morgan fingerprint density at radius 3 is 2.97 bits per heavy atom. The van der Waals surface area contributed by atoms with Gasteiger partial charge in [-0.25, -0.2) is 9.37 Å². The predicted molar refractivity (Wildman–Crippen MR) is 110 cm³/mol. The monoisotopic (exact) mass is 498 g/mol. The molecule has 2 aliphatic heterocycles. The van der Waals surface area contributed by atoms with Gasteiger partial charge in [0.1, 0.15) is 29.9 Å². The molecule has 0 unspecified atom stereocenters. The molecule has 1 aromatic carbocycles. The summed E-state index contributed by atoms with van der Waals surface area (Å²) in [5, 5.41) is 13.2. The highest BCUT2D eigenvalue weighted by Crippen LogP contribution is 2.31. The van der Waals surface area contributed by atoms with E-state index in [0.29, 0.717) is 38.6 Å². The zero-order chi connectivity index (χ0) is 20.8. The predicted octanol–water partition coefficient (Wildman–Crippen LogP) is 3.03. The lowest BCUT2D eigenvalue weighted by atomic mass is 10.1. The van der Waals surface area contributed by atoms with E-state index >= 15 is 0 Å². The van der Waals surface area contributed by atoms with Crippen LogP contribution in [0.3, 0.4) is 0 Å². The summed E-state index contributed by atoms with van der Waals surface area (Å²) in [5.74, 6) is 0.0461. The van der Waals surface area contributed by atoms with Crippen LogP contribution >= 0.6 is 27.5 Å². The van der Waals surface area contributed by atoms with Crippen LogP contribution in [0.5, 0.6) is 6.01 Å². The van der Waals surface area contributed by atoms with Crippen molar-refractivity contribution in [1.29, 1.82) is 0 Å². The average Bonchev–Trinajstić information content (AvgIpc) is 3.39. The van der Waals surface area contributed by atoms with Gasteiger partial charge in [0, 0.05) is 16.6 Å². The molecule has 2 saturated heterocycles. The van der Waals surface area contributed by atoms with Crippen LogP contribution in [0.15, 0.2) is 28.7 Å². The number of hydrogen-bond donors (Lipinski definition) is 3. The Kier molecular flexibility index (Phi) is 5.28. The van der Waals surface area contributed by atoms with Crippen LogP contribution in [0.4, 0.5) is 10.2 Å². The largest absolute Gasteiger partial charge is 0.456 e. The molecule has 2 fully saturated rings. The summed E-state index contributed by atoms with van der Waals surface area (Å²) < 4.78 is 31.7. The maximum atomic E-state index is 14.0. The van der Waals surface area contributed by atoms with Gasteiger partial charge in [0.25, 0.3) is 6.01 Å². The number of aliphatic hydroxyl groups is 1. The van der Waals surface area contributed by atoms with Crippen LogP contribution < -0.4 is 10.1 Å². The Morgan fingerprint density at radius 2 is 2.13 bits per heavy atom. The third kappa shape index (κ3) is 3.63. The van der Waals surface area contributed by atoms with Crippen molar-refractivity contribution in [2.24, 2.45) is 0 Å². The van der Waals surface area contributed by atoms with Gasteiger partial charge in [-0.3, -0.25) is 0 Å². The van der Waals surface area contributed by atoms with Crippen LogP contribution in [0, 0.1) is 5.82 Å². The van der Waals surface area contributed by atoms with Gasteiger partial charge in [0.2, 0.25) is 0 Å². The van der Waals surface area contributed by atoms with Crippen molar-refractivity contribution in [2.45, 2.75) is 31.0 Å². The SMILES string of the molecule is O[C@@H]1CO[C@H]2[C@@H]1OC[C@H]2Oc1nc2nc(NCc3c(F)cccc3Br)c(Cl)cc2[nH]1. The third-order valence-corrected chi connectivity index (χ3v) is 6.18. The Hall–Kier alpha value is -1.98. The zero-order valence-electron chi connectivity index (χ0n) is 15.4. The van der Waals surface area contributed by atoms with Gasteiger partial charge in [0.15, 0.2) is 11.8 Å². The fraction of sp³-hybridized carbons (Fsp3) is 0.368. The average molecular weight is 500 g/mol. The number of nitrogens with zero attached hydrogens (tertiary/aromatic N) is 2. The number of aliphatic hydroxyl groups excluding tert-OH is 1. The van der Waals surface area contributed by atoms with Crippen molar-refractivity contribution in [2.75, 3.05) is 18.5 Å². The van der Waals surface area contributed by atoms with E-state index in [0.717, 1.165) is 0 Å². The Labute approximate surface area is 183 Å². The normalized spacial score (nSPS) is 25.6. The fourth-order valence-electron chi connectivity index (χ4n) is 3.64. The summed E-state index contributed by atoms with van der Waals surface area (Å²) in [6, 6.07) is 6.70. The van der Waals surface area contributed by atoms with E-state index in [1.54, 1.807) is 18.2 Å². The first kappa shape index (κ1) is 20.0. The minimum atomic E-state index is -0.650. The number of halogens is 3. The van der Waals surface area contributed by atoms with E-state index in [2.05, 4.69) is 36.2 Å². The first-order valence-corrected chi connectivity index (χ1v) is 10.5. The molecule has 158 valence electrons. The van der Waals surface area contributed by atoms with Gasteiger partial charge in [-0.2, -0.15) is 4.98 Å². The Morgan fingerprint density at radius 1 is 1.30 bits per heavy atom. The number of hydrogen-bond acceptors (Lipinski definition) is 7. The molecule has 3 aromatic rings. The molecule has 2 aliphatic rings. The van der Waals surface area contributed by atoms with Gasteiger partial charge in [-0.15, -0.1) is 0 Å². The molecule has 4 heterocycles. The molecule has 0 spiro atoms. The lowest BCUT2D eigenvalue weighted by Gasteiger charge is -2.15. The van der Waals surface area contributed by atoms with Crippen molar-refractivity contribution in [1.82, 2.24) is 15.0 Å². The molecule has 0 amide bonds. The maximum Gasteiger partial charge on any atom is 0.296 e. The molecule has 5 rings (SSSR count). The molecule has 3 N–H and O–H groups in total. The van der Waals surface area contributed by atoms with E-state index in [4.69, 9.17) is 25.8 Å². The molecule has 8 nitrogen and oxygen atoms in total. The first-order chi connectivity index (χ1) is 14.5. The number of benzene rings is 1. The van der Waals surface area contributed by atoms with Crippen molar-refractivity contribution in [3.05, 3.63) is 45.1 Å². The molecule has 2 aromatic heterocycles. The summed E-state index contributed by atoms with van der Waals surface area (Å²) in [6.45, 7) is 0.711. The molecule has 30 heavy (non-hydrogen) atoms. The second-order valence-electron chi connectivity index (χ2n) is 7.11. The number of imidazole rings is 1. The van der Waals surface area contributed by atoms with Crippen molar-refractivity contribution >= 4 is 44.5 Å². The first-order valence-electron chi connectivity index (χ1n) is 9.30. The number of ether oxygens (including phenoxy) is 3. The molecule has 0 aliphatic carbocycles. The quantitative estimate of drug-likeness (QED) is 0.496. The number of fused-ring (bicyclic) bond motifs is 2. The summed E-state index contributed by atoms with van der Waals surface area (Å²) in [5.41, 5.74) is 1.46. The Balaban J connectivity index is 1.33. The minimum absolute atomic E-state index is 0.196. The van der Waals surface area contributed by atoms with Crippen LogP contribution in [0.2, 0.25) is 5.02 Å². The highest BCUT2D eigenvalue weighted by Gasteiger charge is 2.48. The number of anilines is 1. The van der Waals surface area contributed by atoms with E-state index in [1.807, 2.05) is 0 Å². The summed E-state index contributed by atoms with van der Waals surface area (Å²) in [6.07, 6.45) is -1.77. The second-order valence-corrected chi connectivity index (χ2v) is 8.37. The van der Waals surface area contributed by atoms with Gasteiger partial charge >= 0.3 is 0 Å². The van der Waals surface area contributed by atoms with Crippen LogP contribution in [0.1, 0.15) is 5.56 Å². The fourth-order valence-corrected chi connectivity index (χ4v) is 4.34.